The second kappa shape index (κ2) is 6.16. The molecule has 2 aromatic carbocycles. The van der Waals surface area contributed by atoms with E-state index in [-0.39, 0.29) is 5.91 Å². The van der Waals surface area contributed by atoms with Crippen LogP contribution < -0.4 is 10.1 Å². The van der Waals surface area contributed by atoms with Gasteiger partial charge in [0.15, 0.2) is 5.76 Å². The summed E-state index contributed by atoms with van der Waals surface area (Å²) < 4.78 is 11.2. The van der Waals surface area contributed by atoms with Crippen LogP contribution in [-0.2, 0) is 0 Å². The summed E-state index contributed by atoms with van der Waals surface area (Å²) in [5, 5.41) is 3.77. The predicted molar refractivity (Wildman–Crippen MR) is 91.3 cm³/mol. The van der Waals surface area contributed by atoms with Crippen molar-refractivity contribution >= 4 is 22.6 Å². The molecule has 4 nitrogen and oxygen atoms in total. The Kier molecular flexibility index (Phi) is 4.06. The first kappa shape index (κ1) is 15.2. The van der Waals surface area contributed by atoms with Crippen LogP contribution in [0.4, 0.5) is 5.69 Å². The zero-order chi connectivity index (χ0) is 16.4. The van der Waals surface area contributed by atoms with E-state index in [4.69, 9.17) is 9.15 Å². The Balaban J connectivity index is 1.92. The standard InChI is InChI=1S/C19H19NO3/c1-4-22-15-8-9-17-16(11-15)13(3)18(23-17)19(21)20-14-7-5-6-12(2)10-14/h5-11H,4H2,1-3H3,(H,20,21). The second-order valence-electron chi connectivity index (χ2n) is 5.47. The van der Waals surface area contributed by atoms with Gasteiger partial charge in [-0.05, 0) is 56.7 Å². The zero-order valence-electron chi connectivity index (χ0n) is 13.5. The molecule has 23 heavy (non-hydrogen) atoms. The number of aryl methyl sites for hydroxylation is 2. The molecule has 0 aliphatic heterocycles. The lowest BCUT2D eigenvalue weighted by Crippen LogP contribution is -2.12. The molecular weight excluding hydrogens is 290 g/mol. The van der Waals surface area contributed by atoms with Crippen LogP contribution in [0.5, 0.6) is 5.75 Å². The molecule has 1 N–H and O–H groups in total. The maximum Gasteiger partial charge on any atom is 0.291 e. The number of carbonyl (C=O) groups is 1. The number of rotatable bonds is 4. The number of nitrogens with one attached hydrogen (secondary N) is 1. The number of fused-ring (bicyclic) bond motifs is 1. The van der Waals surface area contributed by atoms with Crippen LogP contribution in [0.15, 0.2) is 46.9 Å². The maximum atomic E-state index is 12.5. The van der Waals surface area contributed by atoms with Crippen molar-refractivity contribution in [1.82, 2.24) is 0 Å². The van der Waals surface area contributed by atoms with Crippen LogP contribution in [-0.4, -0.2) is 12.5 Å². The number of hydrogen-bond acceptors (Lipinski definition) is 3. The van der Waals surface area contributed by atoms with E-state index in [1.807, 2.05) is 63.2 Å². The highest BCUT2D eigenvalue weighted by molar-refractivity contribution is 6.06. The largest absolute Gasteiger partial charge is 0.494 e. The normalized spacial score (nSPS) is 10.7. The Morgan fingerprint density at radius 2 is 2.00 bits per heavy atom. The first-order chi connectivity index (χ1) is 11.1. The SMILES string of the molecule is CCOc1ccc2oc(C(=O)Nc3cccc(C)c3)c(C)c2c1. The van der Waals surface area contributed by atoms with Gasteiger partial charge in [-0.25, -0.2) is 0 Å². The van der Waals surface area contributed by atoms with Crippen molar-refractivity contribution in [2.45, 2.75) is 20.8 Å². The smallest absolute Gasteiger partial charge is 0.291 e. The van der Waals surface area contributed by atoms with Crippen LogP contribution in [0.2, 0.25) is 0 Å². The molecule has 0 aliphatic rings. The highest BCUT2D eigenvalue weighted by atomic mass is 16.5. The number of furan rings is 1. The molecule has 1 aromatic heterocycles. The summed E-state index contributed by atoms with van der Waals surface area (Å²) >= 11 is 0. The highest BCUT2D eigenvalue weighted by Crippen LogP contribution is 2.29. The summed E-state index contributed by atoms with van der Waals surface area (Å²) in [5.41, 5.74) is 3.34. The topological polar surface area (TPSA) is 51.5 Å². The van der Waals surface area contributed by atoms with Crippen LogP contribution in [0, 0.1) is 13.8 Å². The van der Waals surface area contributed by atoms with Gasteiger partial charge in [-0.2, -0.15) is 0 Å². The minimum atomic E-state index is -0.248. The summed E-state index contributed by atoms with van der Waals surface area (Å²) in [6.07, 6.45) is 0. The molecule has 118 valence electrons. The van der Waals surface area contributed by atoms with Crippen molar-refractivity contribution < 1.29 is 13.9 Å². The van der Waals surface area contributed by atoms with Gasteiger partial charge in [-0.3, -0.25) is 4.79 Å². The van der Waals surface area contributed by atoms with E-state index in [0.717, 1.165) is 28.0 Å². The van der Waals surface area contributed by atoms with Crippen molar-refractivity contribution in [2.75, 3.05) is 11.9 Å². The Hall–Kier alpha value is -2.75. The van der Waals surface area contributed by atoms with Crippen molar-refractivity contribution in [3.05, 3.63) is 59.4 Å². The van der Waals surface area contributed by atoms with Crippen molar-refractivity contribution in [2.24, 2.45) is 0 Å². The van der Waals surface area contributed by atoms with Gasteiger partial charge in [0.05, 0.1) is 6.61 Å². The van der Waals surface area contributed by atoms with E-state index >= 15 is 0 Å². The Bertz CT molecular complexity index is 864. The van der Waals surface area contributed by atoms with Crippen LogP contribution in [0.1, 0.15) is 28.6 Å². The number of carbonyl (C=O) groups excluding carboxylic acids is 1. The molecule has 1 heterocycles. The molecule has 0 radical (unpaired) electrons. The average Bonchev–Trinajstić information content (AvgIpc) is 2.85. The molecule has 3 rings (SSSR count). The summed E-state index contributed by atoms with van der Waals surface area (Å²) in [6.45, 7) is 6.40. The van der Waals surface area contributed by atoms with Crippen LogP contribution in [0.3, 0.4) is 0 Å². The molecule has 0 unspecified atom stereocenters. The molecule has 0 saturated carbocycles. The van der Waals surface area contributed by atoms with E-state index in [1.54, 1.807) is 0 Å². The third-order valence-electron chi connectivity index (χ3n) is 3.70. The summed E-state index contributed by atoms with van der Waals surface area (Å²) in [4.78, 5) is 12.5. The average molecular weight is 309 g/mol. The van der Waals surface area contributed by atoms with Crippen molar-refractivity contribution in [3.8, 4) is 5.75 Å². The van der Waals surface area contributed by atoms with E-state index in [2.05, 4.69) is 5.32 Å². The maximum absolute atomic E-state index is 12.5. The lowest BCUT2D eigenvalue weighted by molar-refractivity contribution is 0.0998. The van der Waals surface area contributed by atoms with Gasteiger partial charge >= 0.3 is 0 Å². The molecule has 0 bridgehead atoms. The number of benzene rings is 2. The zero-order valence-corrected chi connectivity index (χ0v) is 13.5. The van der Waals surface area contributed by atoms with E-state index in [1.165, 1.54) is 0 Å². The number of amides is 1. The fraction of sp³-hybridized carbons (Fsp3) is 0.211. The van der Waals surface area contributed by atoms with E-state index in [0.29, 0.717) is 18.0 Å². The Labute approximate surface area is 135 Å². The first-order valence-corrected chi connectivity index (χ1v) is 7.62. The fourth-order valence-electron chi connectivity index (χ4n) is 2.58. The van der Waals surface area contributed by atoms with Gasteiger partial charge in [0.2, 0.25) is 0 Å². The van der Waals surface area contributed by atoms with Gasteiger partial charge in [-0.15, -0.1) is 0 Å². The Morgan fingerprint density at radius 3 is 2.74 bits per heavy atom. The summed E-state index contributed by atoms with van der Waals surface area (Å²) in [7, 11) is 0. The molecule has 0 atom stereocenters. The van der Waals surface area contributed by atoms with Gasteiger partial charge in [0.1, 0.15) is 11.3 Å². The van der Waals surface area contributed by atoms with Gasteiger partial charge < -0.3 is 14.5 Å². The minimum absolute atomic E-state index is 0.248. The molecule has 3 aromatic rings. The minimum Gasteiger partial charge on any atom is -0.494 e. The highest BCUT2D eigenvalue weighted by Gasteiger charge is 2.18. The number of anilines is 1. The van der Waals surface area contributed by atoms with E-state index < -0.39 is 0 Å². The van der Waals surface area contributed by atoms with Gasteiger partial charge in [0.25, 0.3) is 5.91 Å². The fourth-order valence-corrected chi connectivity index (χ4v) is 2.58. The van der Waals surface area contributed by atoms with Crippen molar-refractivity contribution in [3.63, 3.8) is 0 Å². The monoisotopic (exact) mass is 309 g/mol. The first-order valence-electron chi connectivity index (χ1n) is 7.62. The summed E-state index contributed by atoms with van der Waals surface area (Å²) in [6, 6.07) is 13.2. The predicted octanol–water partition coefficient (Wildman–Crippen LogP) is 4.70. The van der Waals surface area contributed by atoms with Crippen LogP contribution in [0.25, 0.3) is 11.0 Å². The third-order valence-corrected chi connectivity index (χ3v) is 3.70. The van der Waals surface area contributed by atoms with Crippen molar-refractivity contribution in [1.29, 1.82) is 0 Å². The second-order valence-corrected chi connectivity index (χ2v) is 5.47. The summed E-state index contributed by atoms with van der Waals surface area (Å²) in [5.74, 6) is 0.854. The lowest BCUT2D eigenvalue weighted by Gasteiger charge is -2.04. The number of ether oxygens (including phenoxy) is 1. The third kappa shape index (κ3) is 3.06. The molecule has 1 amide bonds. The molecular formula is C19H19NO3. The molecule has 0 aliphatic carbocycles. The molecule has 0 spiro atoms. The Morgan fingerprint density at radius 1 is 1.17 bits per heavy atom. The quantitative estimate of drug-likeness (QED) is 0.760. The molecule has 4 heteroatoms. The van der Waals surface area contributed by atoms with Gasteiger partial charge in [-0.1, -0.05) is 12.1 Å². The van der Waals surface area contributed by atoms with Crippen LogP contribution >= 0.6 is 0 Å². The number of hydrogen-bond donors (Lipinski definition) is 1. The van der Waals surface area contributed by atoms with E-state index in [9.17, 15) is 4.79 Å². The molecule has 0 saturated heterocycles. The molecule has 0 fully saturated rings. The van der Waals surface area contributed by atoms with Gasteiger partial charge in [0, 0.05) is 16.6 Å². The lowest BCUT2D eigenvalue weighted by atomic mass is 10.1.